The second kappa shape index (κ2) is 8.36. The number of benzene rings is 2. The summed E-state index contributed by atoms with van der Waals surface area (Å²) in [5.41, 5.74) is 2.26. The highest BCUT2D eigenvalue weighted by molar-refractivity contribution is 5.99. The van der Waals surface area contributed by atoms with E-state index in [9.17, 15) is 19.1 Å². The van der Waals surface area contributed by atoms with Crippen molar-refractivity contribution in [2.75, 3.05) is 0 Å². The number of hydrogen-bond acceptors (Lipinski definition) is 4. The molecule has 2 atom stereocenters. The van der Waals surface area contributed by atoms with Gasteiger partial charge in [0, 0.05) is 23.9 Å². The number of rotatable bonds is 5. The minimum absolute atomic E-state index is 0.00642. The number of halogens is 1. The minimum atomic E-state index is -0.743. The topological polar surface area (TPSA) is 68.5 Å². The first-order valence-electron chi connectivity index (χ1n) is 11.0. The quantitative estimate of drug-likeness (QED) is 0.610. The number of aliphatic hydroxyl groups excluding tert-OH is 1. The lowest BCUT2D eigenvalue weighted by molar-refractivity contribution is -0.156. The van der Waals surface area contributed by atoms with E-state index in [2.05, 4.69) is 0 Å². The van der Waals surface area contributed by atoms with E-state index in [4.69, 9.17) is 4.74 Å². The van der Waals surface area contributed by atoms with Crippen molar-refractivity contribution in [1.82, 2.24) is 4.57 Å². The van der Waals surface area contributed by atoms with Crippen molar-refractivity contribution in [3.63, 3.8) is 0 Å². The van der Waals surface area contributed by atoms with Gasteiger partial charge in [0.1, 0.15) is 11.9 Å². The molecule has 0 spiro atoms. The summed E-state index contributed by atoms with van der Waals surface area (Å²) >= 11 is 0. The highest BCUT2D eigenvalue weighted by Gasteiger charge is 2.27. The fraction of sp³-hybridized carbons (Fsp3) is 0.308. The van der Waals surface area contributed by atoms with Gasteiger partial charge in [0.05, 0.1) is 18.2 Å². The third kappa shape index (κ3) is 4.10. The molecule has 0 unspecified atom stereocenters. The maximum Gasteiger partial charge on any atom is 0.309 e. The number of aliphatic hydroxyl groups is 1. The molecule has 2 heterocycles. The first-order chi connectivity index (χ1) is 15.5. The molecule has 1 N–H and O–H groups in total. The number of cyclic esters (lactones) is 1. The Hall–Kier alpha value is -3.25. The van der Waals surface area contributed by atoms with Crippen molar-refractivity contribution >= 4 is 22.8 Å². The van der Waals surface area contributed by atoms with Crippen LogP contribution in [0.3, 0.4) is 0 Å². The van der Waals surface area contributed by atoms with Gasteiger partial charge in [0.25, 0.3) is 5.56 Å². The number of nitrogens with zero attached hydrogens (tertiary/aromatic N) is 1. The van der Waals surface area contributed by atoms with Crippen molar-refractivity contribution in [3.05, 3.63) is 76.5 Å². The average Bonchev–Trinajstić information content (AvgIpc) is 3.59. The van der Waals surface area contributed by atoms with Gasteiger partial charge in [0.2, 0.25) is 0 Å². The van der Waals surface area contributed by atoms with Crippen LogP contribution in [0.4, 0.5) is 4.39 Å². The highest BCUT2D eigenvalue weighted by Crippen LogP contribution is 2.35. The summed E-state index contributed by atoms with van der Waals surface area (Å²) in [7, 11) is 0. The van der Waals surface area contributed by atoms with E-state index in [0.29, 0.717) is 30.0 Å². The van der Waals surface area contributed by atoms with Crippen molar-refractivity contribution in [3.8, 4) is 11.1 Å². The summed E-state index contributed by atoms with van der Waals surface area (Å²) in [6, 6.07) is 13.7. The minimum Gasteiger partial charge on any atom is -0.458 e. The standard InChI is InChI=1S/C26H24FNO4/c27-18-9-7-17(8-10-18)25-21-3-1-2-4-22(21)26(31)28(15-16-5-6-16)23(25)12-11-20-13-19(29)14-24(30)32-20/h1-4,7-12,16,19-20,29H,5-6,13-15H2/b12-11+/t19-,20-/m1/s1. The number of fused-ring (bicyclic) bond motifs is 1. The Balaban J connectivity index is 1.72. The number of hydrogen-bond donors (Lipinski definition) is 1. The monoisotopic (exact) mass is 433 g/mol. The molecule has 1 saturated heterocycles. The SMILES string of the molecule is O=C1C[C@H](O)C[C@@H](/C=C/c2c(-c3ccc(F)cc3)c3ccccc3c(=O)n2CC2CC2)O1. The van der Waals surface area contributed by atoms with Gasteiger partial charge >= 0.3 is 5.97 Å². The molecule has 0 radical (unpaired) electrons. The van der Waals surface area contributed by atoms with E-state index < -0.39 is 18.2 Å². The van der Waals surface area contributed by atoms with E-state index in [1.165, 1.54) is 12.1 Å². The van der Waals surface area contributed by atoms with Gasteiger partial charge in [-0.05, 0) is 60.1 Å². The predicted molar refractivity (Wildman–Crippen MR) is 120 cm³/mol. The summed E-state index contributed by atoms with van der Waals surface area (Å²) in [5, 5.41) is 11.4. The van der Waals surface area contributed by atoms with E-state index in [0.717, 1.165) is 29.4 Å². The molecular weight excluding hydrogens is 409 g/mol. The zero-order valence-corrected chi connectivity index (χ0v) is 17.5. The maximum absolute atomic E-state index is 13.7. The van der Waals surface area contributed by atoms with Crippen LogP contribution in [-0.2, 0) is 16.1 Å². The van der Waals surface area contributed by atoms with Crippen LogP contribution in [0.15, 0.2) is 59.4 Å². The molecule has 0 bridgehead atoms. The molecule has 1 aromatic heterocycles. The molecule has 5 rings (SSSR count). The maximum atomic E-state index is 13.7. The summed E-state index contributed by atoms with van der Waals surface area (Å²) in [6.07, 6.45) is 4.71. The number of carbonyl (C=O) groups is 1. The third-order valence-corrected chi connectivity index (χ3v) is 6.15. The lowest BCUT2D eigenvalue weighted by atomic mass is 9.95. The second-order valence-corrected chi connectivity index (χ2v) is 8.65. The number of esters is 1. The lowest BCUT2D eigenvalue weighted by Crippen LogP contribution is -2.31. The van der Waals surface area contributed by atoms with Gasteiger partial charge in [-0.15, -0.1) is 0 Å². The number of carbonyl (C=O) groups excluding carboxylic acids is 1. The first-order valence-corrected chi connectivity index (χ1v) is 11.0. The summed E-state index contributed by atoms with van der Waals surface area (Å²) in [6.45, 7) is 0.602. The molecule has 1 aliphatic carbocycles. The van der Waals surface area contributed by atoms with Crippen LogP contribution in [0.5, 0.6) is 0 Å². The fourth-order valence-electron chi connectivity index (χ4n) is 4.37. The average molecular weight is 433 g/mol. The van der Waals surface area contributed by atoms with Gasteiger partial charge in [-0.1, -0.05) is 30.3 Å². The van der Waals surface area contributed by atoms with Crippen LogP contribution in [0.1, 0.15) is 31.4 Å². The summed E-state index contributed by atoms with van der Waals surface area (Å²) in [4.78, 5) is 25.2. The van der Waals surface area contributed by atoms with E-state index in [1.54, 1.807) is 22.8 Å². The lowest BCUT2D eigenvalue weighted by Gasteiger charge is -2.24. The molecule has 3 aromatic rings. The van der Waals surface area contributed by atoms with E-state index in [-0.39, 0.29) is 17.8 Å². The normalized spacial score (nSPS) is 21.2. The predicted octanol–water partition coefficient (Wildman–Crippen LogP) is 4.30. The molecule has 164 valence electrons. The van der Waals surface area contributed by atoms with Crippen molar-refractivity contribution in [2.24, 2.45) is 5.92 Å². The smallest absolute Gasteiger partial charge is 0.309 e. The highest BCUT2D eigenvalue weighted by atomic mass is 19.1. The zero-order chi connectivity index (χ0) is 22.2. The molecule has 1 aliphatic heterocycles. The Morgan fingerprint density at radius 1 is 1.06 bits per heavy atom. The molecule has 1 saturated carbocycles. The number of aromatic nitrogens is 1. The Labute approximate surface area is 184 Å². The van der Waals surface area contributed by atoms with Crippen molar-refractivity contribution < 1.29 is 19.0 Å². The molecule has 2 aliphatic rings. The van der Waals surface area contributed by atoms with Crippen LogP contribution in [0.2, 0.25) is 0 Å². The van der Waals surface area contributed by atoms with Crippen molar-refractivity contribution in [2.45, 2.75) is 44.4 Å². The fourth-order valence-corrected chi connectivity index (χ4v) is 4.37. The first kappa shape index (κ1) is 20.6. The third-order valence-electron chi connectivity index (χ3n) is 6.15. The summed E-state index contributed by atoms with van der Waals surface area (Å²) < 4.78 is 20.8. The summed E-state index contributed by atoms with van der Waals surface area (Å²) in [5.74, 6) is -0.313. The van der Waals surface area contributed by atoms with Gasteiger partial charge in [0.15, 0.2) is 0 Å². The number of pyridine rings is 1. The van der Waals surface area contributed by atoms with Gasteiger partial charge in [-0.3, -0.25) is 9.59 Å². The second-order valence-electron chi connectivity index (χ2n) is 8.65. The Morgan fingerprint density at radius 3 is 2.47 bits per heavy atom. The molecule has 0 amide bonds. The van der Waals surface area contributed by atoms with Gasteiger partial charge in [-0.2, -0.15) is 0 Å². The molecule has 32 heavy (non-hydrogen) atoms. The number of ether oxygens (including phenoxy) is 1. The molecule has 6 heteroatoms. The van der Waals surface area contributed by atoms with Crippen LogP contribution in [0.25, 0.3) is 28.0 Å². The molecule has 5 nitrogen and oxygen atoms in total. The van der Waals surface area contributed by atoms with Crippen LogP contribution < -0.4 is 5.56 Å². The van der Waals surface area contributed by atoms with Gasteiger partial charge < -0.3 is 14.4 Å². The van der Waals surface area contributed by atoms with Crippen LogP contribution >= 0.6 is 0 Å². The Bertz CT molecular complexity index is 1260. The Morgan fingerprint density at radius 2 is 1.78 bits per heavy atom. The van der Waals surface area contributed by atoms with Crippen molar-refractivity contribution in [1.29, 1.82) is 0 Å². The largest absolute Gasteiger partial charge is 0.458 e. The van der Waals surface area contributed by atoms with E-state index in [1.807, 2.05) is 30.3 Å². The zero-order valence-electron chi connectivity index (χ0n) is 17.5. The Kier molecular flexibility index (Phi) is 5.39. The van der Waals surface area contributed by atoms with E-state index >= 15 is 0 Å². The molecule has 2 fully saturated rings. The van der Waals surface area contributed by atoms with Gasteiger partial charge in [-0.25, -0.2) is 4.39 Å². The van der Waals surface area contributed by atoms with Crippen LogP contribution in [0, 0.1) is 11.7 Å². The van der Waals surface area contributed by atoms with Crippen LogP contribution in [-0.4, -0.2) is 27.9 Å². The molecule has 2 aromatic carbocycles. The molecular formula is C26H24FNO4.